The van der Waals surface area contributed by atoms with Crippen molar-refractivity contribution in [3.8, 4) is 0 Å². The average Bonchev–Trinajstić information content (AvgIpc) is 2.30. The summed E-state index contributed by atoms with van der Waals surface area (Å²) < 4.78 is 5.19. The first-order valence-corrected chi connectivity index (χ1v) is 5.78. The minimum atomic E-state index is -0.283. The number of rotatable bonds is 3. The number of fused-ring (bicyclic) bond motifs is 1. The molecule has 0 N–H and O–H groups in total. The molecule has 2 aromatic rings. The van der Waals surface area contributed by atoms with Crippen molar-refractivity contribution in [2.45, 2.75) is 32.6 Å². The van der Waals surface area contributed by atoms with E-state index in [2.05, 4.69) is 19.9 Å². The highest BCUT2D eigenvalue weighted by Gasteiger charge is 2.08. The molecule has 0 atom stereocenters. The van der Waals surface area contributed by atoms with Crippen molar-refractivity contribution in [2.75, 3.05) is 0 Å². The van der Waals surface area contributed by atoms with Gasteiger partial charge < -0.3 is 4.42 Å². The predicted octanol–water partition coefficient (Wildman–Crippen LogP) is 3.70. The molecule has 2 rings (SSSR count). The maximum absolute atomic E-state index is 11.1. The van der Waals surface area contributed by atoms with Crippen LogP contribution in [0.5, 0.6) is 0 Å². The van der Waals surface area contributed by atoms with Gasteiger partial charge in [0.1, 0.15) is 5.58 Å². The van der Waals surface area contributed by atoms with Crippen molar-refractivity contribution < 1.29 is 4.42 Å². The van der Waals surface area contributed by atoms with E-state index in [-0.39, 0.29) is 5.63 Å². The van der Waals surface area contributed by atoms with Crippen LogP contribution in [0, 0.1) is 0 Å². The summed E-state index contributed by atoms with van der Waals surface area (Å²) in [6.45, 7) is 4.36. The van der Waals surface area contributed by atoms with Gasteiger partial charge in [0.05, 0.1) is 0 Å². The van der Waals surface area contributed by atoms with E-state index in [1.807, 2.05) is 12.1 Å². The summed E-state index contributed by atoms with van der Waals surface area (Å²) in [5.41, 5.74) is 1.66. The molecule has 0 aliphatic rings. The zero-order valence-corrected chi connectivity index (χ0v) is 9.69. The lowest BCUT2D eigenvalue weighted by molar-refractivity contribution is 0.558. The third kappa shape index (κ3) is 2.01. The van der Waals surface area contributed by atoms with Crippen molar-refractivity contribution in [2.24, 2.45) is 0 Å². The van der Waals surface area contributed by atoms with Gasteiger partial charge in [-0.2, -0.15) is 0 Å². The fourth-order valence-electron chi connectivity index (χ4n) is 2.09. The highest BCUT2D eigenvalue weighted by molar-refractivity contribution is 5.77. The van der Waals surface area contributed by atoms with Crippen molar-refractivity contribution in [3.63, 3.8) is 0 Å². The van der Waals surface area contributed by atoms with Crippen LogP contribution in [-0.2, 0) is 0 Å². The molecule has 0 unspecified atom stereocenters. The Balaban J connectivity index is 2.54. The first-order valence-electron chi connectivity index (χ1n) is 5.78. The second-order valence-corrected chi connectivity index (χ2v) is 4.07. The first kappa shape index (κ1) is 10.9. The zero-order valence-electron chi connectivity index (χ0n) is 9.69. The lowest BCUT2D eigenvalue weighted by Crippen LogP contribution is -1.98. The van der Waals surface area contributed by atoms with E-state index in [4.69, 9.17) is 4.42 Å². The summed E-state index contributed by atoms with van der Waals surface area (Å²) in [6, 6.07) is 9.40. The quantitative estimate of drug-likeness (QED) is 0.732. The second kappa shape index (κ2) is 4.52. The van der Waals surface area contributed by atoms with Gasteiger partial charge in [-0.25, -0.2) is 4.79 Å². The third-order valence-corrected chi connectivity index (χ3v) is 3.10. The lowest BCUT2D eigenvalue weighted by atomic mass is 9.93. The molecule has 0 saturated carbocycles. The molecule has 0 aliphatic heterocycles. The van der Waals surface area contributed by atoms with Crippen molar-refractivity contribution in [1.82, 2.24) is 0 Å². The van der Waals surface area contributed by atoms with E-state index in [1.165, 1.54) is 11.6 Å². The predicted molar refractivity (Wildman–Crippen MR) is 65.8 cm³/mol. The molecule has 0 saturated heterocycles. The minimum Gasteiger partial charge on any atom is -0.423 e. The molecular formula is C14H16O2. The van der Waals surface area contributed by atoms with Crippen LogP contribution in [0.2, 0.25) is 0 Å². The molecule has 84 valence electrons. The maximum atomic E-state index is 11.1. The van der Waals surface area contributed by atoms with Crippen LogP contribution < -0.4 is 5.63 Å². The Hall–Kier alpha value is -1.57. The molecule has 1 heterocycles. The van der Waals surface area contributed by atoms with Crippen LogP contribution in [0.25, 0.3) is 11.0 Å². The van der Waals surface area contributed by atoms with E-state index in [0.717, 1.165) is 18.2 Å². The second-order valence-electron chi connectivity index (χ2n) is 4.07. The van der Waals surface area contributed by atoms with Gasteiger partial charge in [-0.1, -0.05) is 26.0 Å². The number of benzene rings is 1. The molecule has 0 aliphatic carbocycles. The van der Waals surface area contributed by atoms with Crippen LogP contribution in [-0.4, -0.2) is 0 Å². The highest BCUT2D eigenvalue weighted by atomic mass is 16.4. The molecule has 1 aromatic carbocycles. The molecule has 1 aromatic heterocycles. The summed E-state index contributed by atoms with van der Waals surface area (Å²) in [4.78, 5) is 11.1. The highest BCUT2D eigenvalue weighted by Crippen LogP contribution is 2.25. The molecule has 2 heteroatoms. The molecule has 0 amide bonds. The topological polar surface area (TPSA) is 30.2 Å². The summed E-state index contributed by atoms with van der Waals surface area (Å²) >= 11 is 0. The fourth-order valence-corrected chi connectivity index (χ4v) is 2.09. The summed E-state index contributed by atoms with van der Waals surface area (Å²) in [5.74, 6) is 0.551. The molecule has 0 bridgehead atoms. The van der Waals surface area contributed by atoms with Crippen molar-refractivity contribution >= 4 is 11.0 Å². The standard InChI is InChI=1S/C14H16O2/c1-3-10(4-2)12-6-5-11-7-8-14(15)16-13(11)9-12/h5-10H,3-4H2,1-2H3. The van der Waals surface area contributed by atoms with Crippen molar-refractivity contribution in [1.29, 1.82) is 0 Å². The van der Waals surface area contributed by atoms with Gasteiger partial charge in [0.2, 0.25) is 0 Å². The Bertz CT molecular complexity index is 536. The minimum absolute atomic E-state index is 0.283. The van der Waals surface area contributed by atoms with Gasteiger partial charge in [-0.05, 0) is 36.5 Å². The Morgan fingerprint density at radius 1 is 1.12 bits per heavy atom. The maximum Gasteiger partial charge on any atom is 0.336 e. The van der Waals surface area contributed by atoms with E-state index in [0.29, 0.717) is 11.5 Å². The van der Waals surface area contributed by atoms with Gasteiger partial charge in [0.25, 0.3) is 0 Å². The van der Waals surface area contributed by atoms with Gasteiger partial charge >= 0.3 is 5.63 Å². The van der Waals surface area contributed by atoms with Gasteiger partial charge in [-0.3, -0.25) is 0 Å². The Labute approximate surface area is 94.9 Å². The molecule has 0 radical (unpaired) electrons. The first-order chi connectivity index (χ1) is 7.74. The molecule has 16 heavy (non-hydrogen) atoms. The smallest absolute Gasteiger partial charge is 0.336 e. The SMILES string of the molecule is CCC(CC)c1ccc2ccc(=O)oc2c1. The van der Waals surface area contributed by atoms with Crippen LogP contribution in [0.3, 0.4) is 0 Å². The Morgan fingerprint density at radius 3 is 2.50 bits per heavy atom. The average molecular weight is 216 g/mol. The molecule has 0 fully saturated rings. The monoisotopic (exact) mass is 216 g/mol. The third-order valence-electron chi connectivity index (χ3n) is 3.10. The zero-order chi connectivity index (χ0) is 11.5. The number of hydrogen-bond donors (Lipinski definition) is 0. The van der Waals surface area contributed by atoms with Crippen LogP contribution in [0.15, 0.2) is 39.5 Å². The van der Waals surface area contributed by atoms with Gasteiger partial charge in [0, 0.05) is 11.5 Å². The van der Waals surface area contributed by atoms with E-state index >= 15 is 0 Å². The Kier molecular flexibility index (Phi) is 3.09. The van der Waals surface area contributed by atoms with Crippen LogP contribution in [0.1, 0.15) is 38.2 Å². The van der Waals surface area contributed by atoms with E-state index in [9.17, 15) is 4.79 Å². The van der Waals surface area contributed by atoms with Crippen LogP contribution >= 0.6 is 0 Å². The molecule has 0 spiro atoms. The Morgan fingerprint density at radius 2 is 1.81 bits per heavy atom. The van der Waals surface area contributed by atoms with Crippen molar-refractivity contribution in [3.05, 3.63) is 46.3 Å². The number of hydrogen-bond acceptors (Lipinski definition) is 2. The summed E-state index contributed by atoms with van der Waals surface area (Å²) in [6.07, 6.45) is 2.22. The summed E-state index contributed by atoms with van der Waals surface area (Å²) in [7, 11) is 0. The van der Waals surface area contributed by atoms with Crippen LogP contribution in [0.4, 0.5) is 0 Å². The lowest BCUT2D eigenvalue weighted by Gasteiger charge is -2.12. The van der Waals surface area contributed by atoms with Gasteiger partial charge in [0.15, 0.2) is 0 Å². The van der Waals surface area contributed by atoms with E-state index < -0.39 is 0 Å². The van der Waals surface area contributed by atoms with Gasteiger partial charge in [-0.15, -0.1) is 0 Å². The normalized spacial score (nSPS) is 11.2. The van der Waals surface area contributed by atoms with E-state index in [1.54, 1.807) is 6.07 Å². The largest absolute Gasteiger partial charge is 0.423 e. The summed E-state index contributed by atoms with van der Waals surface area (Å²) in [5, 5.41) is 0.981. The molecular weight excluding hydrogens is 200 g/mol. The molecule has 2 nitrogen and oxygen atoms in total. The fraction of sp³-hybridized carbons (Fsp3) is 0.357.